The molecule has 2 N–H and O–H groups in total. The Kier molecular flexibility index (Phi) is 4.66. The van der Waals surface area contributed by atoms with Crippen LogP contribution < -0.4 is 10.6 Å². The van der Waals surface area contributed by atoms with Gasteiger partial charge in [0.25, 0.3) is 5.91 Å². The number of carbonyl (C=O) groups is 2. The highest BCUT2D eigenvalue weighted by molar-refractivity contribution is 7.22. The second-order valence-corrected chi connectivity index (χ2v) is 5.85. The molecule has 3 rings (SSSR count). The van der Waals surface area contributed by atoms with Gasteiger partial charge in [0.2, 0.25) is 0 Å². The zero-order valence-corrected chi connectivity index (χ0v) is 13.6. The van der Waals surface area contributed by atoms with Crippen LogP contribution in [0.5, 0.6) is 0 Å². The highest BCUT2D eigenvalue weighted by Crippen LogP contribution is 2.25. The Labute approximate surface area is 141 Å². The number of ether oxygens (including phenoxy) is 1. The number of hydrogen-bond donors (Lipinski definition) is 2. The Morgan fingerprint density at radius 1 is 1.25 bits per heavy atom. The summed E-state index contributed by atoms with van der Waals surface area (Å²) in [7, 11) is 1.28. The zero-order chi connectivity index (χ0) is 16.9. The first kappa shape index (κ1) is 15.9. The molecule has 0 atom stereocenters. The predicted octanol–water partition coefficient (Wildman–Crippen LogP) is 2.80. The summed E-state index contributed by atoms with van der Waals surface area (Å²) in [4.78, 5) is 31.9. The Bertz CT molecular complexity index is 861. The summed E-state index contributed by atoms with van der Waals surface area (Å²) in [5.41, 5.74) is 1.83. The molecular weight excluding hydrogens is 328 g/mol. The molecule has 0 spiro atoms. The van der Waals surface area contributed by atoms with Crippen molar-refractivity contribution in [2.75, 3.05) is 12.4 Å². The predicted molar refractivity (Wildman–Crippen MR) is 91.1 cm³/mol. The van der Waals surface area contributed by atoms with Gasteiger partial charge in [0.05, 0.1) is 29.6 Å². The molecule has 0 bridgehead atoms. The molecule has 1 aromatic carbocycles. The molecule has 0 aliphatic heterocycles. The van der Waals surface area contributed by atoms with E-state index in [-0.39, 0.29) is 12.5 Å². The number of hydrogen-bond acceptors (Lipinski definition) is 6. The van der Waals surface area contributed by atoms with E-state index in [1.807, 2.05) is 24.3 Å². The Morgan fingerprint density at radius 3 is 2.88 bits per heavy atom. The maximum absolute atomic E-state index is 12.4. The van der Waals surface area contributed by atoms with Crippen LogP contribution in [0.15, 0.2) is 42.6 Å². The first-order chi connectivity index (χ1) is 11.7. The van der Waals surface area contributed by atoms with Crippen molar-refractivity contribution in [3.05, 3.63) is 53.9 Å². The molecule has 0 unspecified atom stereocenters. The molecule has 0 fully saturated rings. The van der Waals surface area contributed by atoms with Gasteiger partial charge >= 0.3 is 6.09 Å². The van der Waals surface area contributed by atoms with Crippen LogP contribution in [0.4, 0.5) is 9.93 Å². The fourth-order valence-corrected chi connectivity index (χ4v) is 2.91. The summed E-state index contributed by atoms with van der Waals surface area (Å²) < 4.78 is 5.50. The summed E-state index contributed by atoms with van der Waals surface area (Å²) >= 11 is 1.41. The van der Waals surface area contributed by atoms with Crippen molar-refractivity contribution in [1.82, 2.24) is 15.3 Å². The highest BCUT2D eigenvalue weighted by atomic mass is 32.1. The van der Waals surface area contributed by atoms with E-state index in [1.54, 1.807) is 12.1 Å². The van der Waals surface area contributed by atoms with Crippen LogP contribution in [-0.4, -0.2) is 29.1 Å². The molecule has 0 aliphatic rings. The molecule has 7 nitrogen and oxygen atoms in total. The van der Waals surface area contributed by atoms with Gasteiger partial charge in [-0.2, -0.15) is 0 Å². The Balaban J connectivity index is 1.71. The van der Waals surface area contributed by atoms with Crippen LogP contribution in [0.2, 0.25) is 0 Å². The number of nitrogens with one attached hydrogen (secondary N) is 2. The SMILES string of the molecule is COC(=O)NCc1cc(C(=O)Nc2nc3ccccc3s2)ccn1. The number of anilines is 1. The van der Waals surface area contributed by atoms with E-state index < -0.39 is 6.09 Å². The third-order valence-corrected chi connectivity index (χ3v) is 4.14. The van der Waals surface area contributed by atoms with Crippen molar-refractivity contribution in [2.24, 2.45) is 0 Å². The van der Waals surface area contributed by atoms with Gasteiger partial charge in [-0.1, -0.05) is 23.5 Å². The number of benzene rings is 1. The Morgan fingerprint density at radius 2 is 2.08 bits per heavy atom. The van der Waals surface area contributed by atoms with Crippen LogP contribution in [-0.2, 0) is 11.3 Å². The maximum Gasteiger partial charge on any atom is 0.407 e. The maximum atomic E-state index is 12.4. The topological polar surface area (TPSA) is 93.2 Å². The molecule has 24 heavy (non-hydrogen) atoms. The van der Waals surface area contributed by atoms with Crippen molar-refractivity contribution in [2.45, 2.75) is 6.54 Å². The van der Waals surface area contributed by atoms with E-state index in [0.29, 0.717) is 16.4 Å². The lowest BCUT2D eigenvalue weighted by Gasteiger charge is -2.05. The summed E-state index contributed by atoms with van der Waals surface area (Å²) in [5, 5.41) is 5.83. The third kappa shape index (κ3) is 3.66. The van der Waals surface area contributed by atoms with Crippen LogP contribution >= 0.6 is 11.3 Å². The monoisotopic (exact) mass is 342 g/mol. The lowest BCUT2D eigenvalue weighted by molar-refractivity contribution is 0.102. The van der Waals surface area contributed by atoms with Gasteiger partial charge in [-0.05, 0) is 24.3 Å². The second-order valence-electron chi connectivity index (χ2n) is 4.82. The van der Waals surface area contributed by atoms with E-state index in [1.165, 1.54) is 24.6 Å². The van der Waals surface area contributed by atoms with E-state index in [0.717, 1.165) is 10.2 Å². The van der Waals surface area contributed by atoms with Gasteiger partial charge in [-0.3, -0.25) is 15.1 Å². The number of para-hydroxylation sites is 1. The minimum absolute atomic E-state index is 0.176. The van der Waals surface area contributed by atoms with Crippen LogP contribution in [0, 0.1) is 0 Å². The van der Waals surface area contributed by atoms with E-state index in [2.05, 4.69) is 25.3 Å². The number of thiazole rings is 1. The molecule has 0 saturated carbocycles. The average Bonchev–Trinajstić information content (AvgIpc) is 3.02. The van der Waals surface area contributed by atoms with Gasteiger partial charge in [0, 0.05) is 11.8 Å². The largest absolute Gasteiger partial charge is 0.453 e. The third-order valence-electron chi connectivity index (χ3n) is 3.19. The van der Waals surface area contributed by atoms with Gasteiger partial charge < -0.3 is 10.1 Å². The number of pyridine rings is 1. The lowest BCUT2D eigenvalue weighted by atomic mass is 10.2. The molecule has 8 heteroatoms. The van der Waals surface area contributed by atoms with Crippen molar-refractivity contribution in [3.63, 3.8) is 0 Å². The number of aromatic nitrogens is 2. The molecule has 2 heterocycles. The number of nitrogens with zero attached hydrogens (tertiary/aromatic N) is 2. The van der Waals surface area contributed by atoms with Crippen LogP contribution in [0.1, 0.15) is 16.1 Å². The minimum Gasteiger partial charge on any atom is -0.453 e. The van der Waals surface area contributed by atoms with Gasteiger partial charge in [0.15, 0.2) is 5.13 Å². The van der Waals surface area contributed by atoms with E-state index >= 15 is 0 Å². The molecule has 2 aromatic heterocycles. The summed E-state index contributed by atoms with van der Waals surface area (Å²) in [5.74, 6) is -0.282. The number of amides is 2. The summed E-state index contributed by atoms with van der Waals surface area (Å²) in [6.45, 7) is 0.176. The quantitative estimate of drug-likeness (QED) is 0.760. The second kappa shape index (κ2) is 7.05. The van der Waals surface area contributed by atoms with Gasteiger partial charge in [0.1, 0.15) is 0 Å². The molecule has 3 aromatic rings. The van der Waals surface area contributed by atoms with E-state index in [9.17, 15) is 9.59 Å². The van der Waals surface area contributed by atoms with E-state index in [4.69, 9.17) is 0 Å². The first-order valence-electron chi connectivity index (χ1n) is 7.09. The van der Waals surface area contributed by atoms with Gasteiger partial charge in [-0.15, -0.1) is 0 Å². The average molecular weight is 342 g/mol. The normalized spacial score (nSPS) is 10.4. The standard InChI is InChI=1S/C16H14N4O3S/c1-23-16(22)18-9-11-8-10(6-7-17-11)14(21)20-15-19-12-4-2-3-5-13(12)24-15/h2-8H,9H2,1H3,(H,18,22)(H,19,20,21). The Hall–Kier alpha value is -3.00. The fourth-order valence-electron chi connectivity index (χ4n) is 2.05. The number of fused-ring (bicyclic) bond motifs is 1. The molecule has 0 aliphatic carbocycles. The molecule has 122 valence electrons. The summed E-state index contributed by atoms with van der Waals surface area (Å²) in [6.07, 6.45) is 0.961. The molecule has 0 radical (unpaired) electrons. The number of methoxy groups -OCH3 is 1. The van der Waals surface area contributed by atoms with Crippen LogP contribution in [0.3, 0.4) is 0 Å². The van der Waals surface area contributed by atoms with Crippen LogP contribution in [0.25, 0.3) is 10.2 Å². The van der Waals surface area contributed by atoms with Crippen molar-refractivity contribution >= 4 is 38.7 Å². The lowest BCUT2D eigenvalue weighted by Crippen LogP contribution is -2.23. The first-order valence-corrected chi connectivity index (χ1v) is 7.91. The number of carbonyl (C=O) groups excluding carboxylic acids is 2. The minimum atomic E-state index is -0.555. The molecule has 0 saturated heterocycles. The number of rotatable bonds is 4. The van der Waals surface area contributed by atoms with Crippen molar-refractivity contribution in [1.29, 1.82) is 0 Å². The fraction of sp³-hybridized carbons (Fsp3) is 0.125. The molecular formula is C16H14N4O3S. The van der Waals surface area contributed by atoms with Gasteiger partial charge in [-0.25, -0.2) is 9.78 Å². The van der Waals surface area contributed by atoms with Crippen molar-refractivity contribution < 1.29 is 14.3 Å². The highest BCUT2D eigenvalue weighted by Gasteiger charge is 2.11. The molecule has 2 amide bonds. The van der Waals surface area contributed by atoms with Crippen molar-refractivity contribution in [3.8, 4) is 0 Å². The smallest absolute Gasteiger partial charge is 0.407 e. The zero-order valence-electron chi connectivity index (χ0n) is 12.8. The summed E-state index contributed by atoms with van der Waals surface area (Å²) in [6, 6.07) is 10.9. The number of alkyl carbamates (subject to hydrolysis) is 1.